The molecule has 0 saturated carbocycles. The predicted octanol–water partition coefficient (Wildman–Crippen LogP) is 2.98. The van der Waals surface area contributed by atoms with Gasteiger partial charge in [-0.15, -0.1) is 11.3 Å². The van der Waals surface area contributed by atoms with Gasteiger partial charge in [0.25, 0.3) is 0 Å². The Bertz CT molecular complexity index is 301. The van der Waals surface area contributed by atoms with Crippen LogP contribution in [-0.2, 0) is 0 Å². The van der Waals surface area contributed by atoms with Crippen LogP contribution in [0.2, 0.25) is 0 Å². The highest BCUT2D eigenvalue weighted by atomic mass is 32.1. The lowest BCUT2D eigenvalue weighted by Crippen LogP contribution is -2.01. The van der Waals surface area contributed by atoms with Gasteiger partial charge in [0, 0.05) is 16.6 Å². The number of rotatable bonds is 3. The summed E-state index contributed by atoms with van der Waals surface area (Å²) in [6.45, 7) is 5.43. The van der Waals surface area contributed by atoms with Gasteiger partial charge in [-0.2, -0.15) is 4.39 Å². The van der Waals surface area contributed by atoms with E-state index in [4.69, 9.17) is 0 Å². The minimum atomic E-state index is -0.171. The van der Waals surface area contributed by atoms with Crippen molar-refractivity contribution in [3.63, 3.8) is 0 Å². The van der Waals surface area contributed by atoms with Crippen LogP contribution in [0.4, 0.5) is 4.39 Å². The van der Waals surface area contributed by atoms with Gasteiger partial charge < -0.3 is 5.32 Å². The van der Waals surface area contributed by atoms with Crippen LogP contribution in [0, 0.1) is 5.13 Å². The molecule has 0 bridgehead atoms. The Kier molecular flexibility index (Phi) is 3.05. The van der Waals surface area contributed by atoms with E-state index in [1.807, 2.05) is 13.0 Å². The SMILES string of the molecule is C=CN/C(=C\C)c1csc(F)c1. The minimum Gasteiger partial charge on any atom is -0.362 e. The van der Waals surface area contributed by atoms with E-state index in [-0.39, 0.29) is 5.13 Å². The molecule has 0 fully saturated rings. The van der Waals surface area contributed by atoms with E-state index in [9.17, 15) is 4.39 Å². The highest BCUT2D eigenvalue weighted by molar-refractivity contribution is 7.08. The van der Waals surface area contributed by atoms with Crippen LogP contribution in [0.5, 0.6) is 0 Å². The van der Waals surface area contributed by atoms with E-state index >= 15 is 0 Å². The molecule has 64 valence electrons. The van der Waals surface area contributed by atoms with Crippen molar-refractivity contribution in [2.45, 2.75) is 6.92 Å². The van der Waals surface area contributed by atoms with Gasteiger partial charge in [-0.05, 0) is 19.2 Å². The van der Waals surface area contributed by atoms with E-state index in [1.54, 1.807) is 11.6 Å². The molecule has 1 nitrogen and oxygen atoms in total. The smallest absolute Gasteiger partial charge is 0.177 e. The lowest BCUT2D eigenvalue weighted by molar-refractivity contribution is 0.657. The molecule has 1 heterocycles. The molecule has 0 radical (unpaired) electrons. The van der Waals surface area contributed by atoms with Crippen molar-refractivity contribution < 1.29 is 4.39 Å². The molecule has 0 amide bonds. The Morgan fingerprint density at radius 3 is 2.92 bits per heavy atom. The summed E-state index contributed by atoms with van der Waals surface area (Å²) < 4.78 is 12.6. The van der Waals surface area contributed by atoms with Crippen LogP contribution < -0.4 is 5.32 Å². The molecular formula is C9H10FNS. The van der Waals surface area contributed by atoms with Gasteiger partial charge in [0.15, 0.2) is 5.13 Å². The normalized spacial score (nSPS) is 11.3. The first-order chi connectivity index (χ1) is 5.77. The molecule has 1 rings (SSSR count). The van der Waals surface area contributed by atoms with Crippen LogP contribution in [0.3, 0.4) is 0 Å². The maximum Gasteiger partial charge on any atom is 0.177 e. The van der Waals surface area contributed by atoms with Crippen LogP contribution in [0.1, 0.15) is 12.5 Å². The fraction of sp³-hybridized carbons (Fsp3) is 0.111. The van der Waals surface area contributed by atoms with Gasteiger partial charge in [0.2, 0.25) is 0 Å². The maximum atomic E-state index is 12.6. The Balaban J connectivity index is 2.87. The van der Waals surface area contributed by atoms with Crippen molar-refractivity contribution in [3.05, 3.63) is 41.0 Å². The third-order valence-corrected chi connectivity index (χ3v) is 2.14. The monoisotopic (exact) mass is 183 g/mol. The molecule has 12 heavy (non-hydrogen) atoms. The molecule has 1 N–H and O–H groups in total. The summed E-state index contributed by atoms with van der Waals surface area (Å²) in [6.07, 6.45) is 3.45. The second-order valence-electron chi connectivity index (χ2n) is 2.19. The van der Waals surface area contributed by atoms with Crippen molar-refractivity contribution >= 4 is 17.0 Å². The first kappa shape index (κ1) is 9.00. The van der Waals surface area contributed by atoms with E-state index in [0.29, 0.717) is 0 Å². The van der Waals surface area contributed by atoms with Crippen molar-refractivity contribution in [3.8, 4) is 0 Å². The largest absolute Gasteiger partial charge is 0.362 e. The van der Waals surface area contributed by atoms with Gasteiger partial charge in [0.1, 0.15) is 0 Å². The van der Waals surface area contributed by atoms with Crippen LogP contribution in [0.25, 0.3) is 5.70 Å². The second kappa shape index (κ2) is 4.07. The zero-order chi connectivity index (χ0) is 8.97. The van der Waals surface area contributed by atoms with Crippen LogP contribution >= 0.6 is 11.3 Å². The third-order valence-electron chi connectivity index (χ3n) is 1.42. The van der Waals surface area contributed by atoms with E-state index < -0.39 is 0 Å². The molecule has 0 aromatic carbocycles. The van der Waals surface area contributed by atoms with Gasteiger partial charge in [-0.3, -0.25) is 0 Å². The zero-order valence-corrected chi connectivity index (χ0v) is 7.62. The standard InChI is InChI=1S/C9H10FNS/c1-3-8(11-4-2)7-5-9(10)12-6-7/h3-6,11H,2H2,1H3/b8-3-. The van der Waals surface area contributed by atoms with Gasteiger partial charge in [-0.25, -0.2) is 0 Å². The molecule has 0 aliphatic carbocycles. The molecule has 3 heteroatoms. The lowest BCUT2D eigenvalue weighted by atomic mass is 10.2. The molecule has 0 aliphatic rings. The van der Waals surface area contributed by atoms with E-state index in [0.717, 1.165) is 22.6 Å². The summed E-state index contributed by atoms with van der Waals surface area (Å²) in [5.74, 6) is 0. The molecule has 1 aromatic heterocycles. The molecule has 1 aromatic rings. The molecule has 0 atom stereocenters. The number of hydrogen-bond acceptors (Lipinski definition) is 2. The average Bonchev–Trinajstić information content (AvgIpc) is 2.47. The Morgan fingerprint density at radius 2 is 2.50 bits per heavy atom. The summed E-state index contributed by atoms with van der Waals surface area (Å²) >= 11 is 1.09. The van der Waals surface area contributed by atoms with Gasteiger partial charge in [0.05, 0.1) is 0 Å². The Morgan fingerprint density at radius 1 is 1.75 bits per heavy atom. The zero-order valence-electron chi connectivity index (χ0n) is 6.80. The predicted molar refractivity (Wildman–Crippen MR) is 51.3 cm³/mol. The summed E-state index contributed by atoms with van der Waals surface area (Å²) in [5.41, 5.74) is 1.74. The number of hydrogen-bond donors (Lipinski definition) is 1. The van der Waals surface area contributed by atoms with Crippen molar-refractivity contribution in [2.75, 3.05) is 0 Å². The maximum absolute atomic E-state index is 12.6. The quantitative estimate of drug-likeness (QED) is 0.759. The first-order valence-electron chi connectivity index (χ1n) is 3.56. The highest BCUT2D eigenvalue weighted by Gasteiger charge is 2.01. The fourth-order valence-electron chi connectivity index (χ4n) is 0.895. The summed E-state index contributed by atoms with van der Waals surface area (Å²) in [6, 6.07) is 1.50. The molecule has 0 unspecified atom stereocenters. The highest BCUT2D eigenvalue weighted by Crippen LogP contribution is 2.18. The number of halogens is 1. The molecule has 0 aliphatic heterocycles. The summed E-state index contributed by atoms with van der Waals surface area (Å²) in [4.78, 5) is 0. The number of allylic oxidation sites excluding steroid dienone is 1. The van der Waals surface area contributed by atoms with Gasteiger partial charge in [-0.1, -0.05) is 12.7 Å². The average molecular weight is 183 g/mol. The second-order valence-corrected chi connectivity index (χ2v) is 3.05. The molecular weight excluding hydrogens is 173 g/mol. The number of thiophene rings is 1. The topological polar surface area (TPSA) is 12.0 Å². The Hall–Kier alpha value is -1.09. The molecule has 0 saturated heterocycles. The van der Waals surface area contributed by atoms with Crippen LogP contribution in [0.15, 0.2) is 30.3 Å². The minimum absolute atomic E-state index is 0.171. The lowest BCUT2D eigenvalue weighted by Gasteiger charge is -2.02. The van der Waals surface area contributed by atoms with E-state index in [1.165, 1.54) is 6.07 Å². The first-order valence-corrected chi connectivity index (χ1v) is 4.44. The van der Waals surface area contributed by atoms with E-state index in [2.05, 4.69) is 11.9 Å². The number of nitrogens with one attached hydrogen (secondary N) is 1. The molecule has 0 spiro atoms. The fourth-order valence-corrected chi connectivity index (χ4v) is 1.52. The van der Waals surface area contributed by atoms with Crippen molar-refractivity contribution in [1.82, 2.24) is 5.32 Å². The van der Waals surface area contributed by atoms with Gasteiger partial charge >= 0.3 is 0 Å². The summed E-state index contributed by atoms with van der Waals surface area (Å²) in [7, 11) is 0. The van der Waals surface area contributed by atoms with Crippen molar-refractivity contribution in [2.24, 2.45) is 0 Å². The van der Waals surface area contributed by atoms with Crippen LogP contribution in [-0.4, -0.2) is 0 Å². The summed E-state index contributed by atoms with van der Waals surface area (Å²) in [5, 5.41) is 4.52. The Labute approximate surface area is 75.2 Å². The van der Waals surface area contributed by atoms with Crippen molar-refractivity contribution in [1.29, 1.82) is 0 Å². The third kappa shape index (κ3) is 1.95.